The first-order chi connectivity index (χ1) is 15.9. The highest BCUT2D eigenvalue weighted by atomic mass is 35.5. The van der Waals surface area contributed by atoms with Gasteiger partial charge in [-0.2, -0.15) is 17.6 Å². The summed E-state index contributed by atoms with van der Waals surface area (Å²) in [6, 6.07) is 3.08. The highest BCUT2D eigenvalue weighted by Gasteiger charge is 2.32. The van der Waals surface area contributed by atoms with Crippen molar-refractivity contribution in [2.24, 2.45) is 0 Å². The molecule has 0 bridgehead atoms. The normalized spacial score (nSPS) is 11.2. The molecule has 2 N–H and O–H groups in total. The summed E-state index contributed by atoms with van der Waals surface area (Å²) < 4.78 is 98.8. The molecule has 0 aliphatic heterocycles. The predicted octanol–water partition coefficient (Wildman–Crippen LogP) is 6.06. The van der Waals surface area contributed by atoms with E-state index in [0.29, 0.717) is 12.3 Å². The molecule has 1 heterocycles. The molecule has 0 saturated heterocycles. The molecule has 3 amide bonds. The van der Waals surface area contributed by atoms with E-state index >= 15 is 0 Å². The van der Waals surface area contributed by atoms with Crippen molar-refractivity contribution in [3.63, 3.8) is 0 Å². The van der Waals surface area contributed by atoms with Gasteiger partial charge < -0.3 is 10.1 Å². The van der Waals surface area contributed by atoms with Crippen molar-refractivity contribution in [1.29, 1.82) is 0 Å². The molecule has 34 heavy (non-hydrogen) atoms. The second kappa shape index (κ2) is 9.55. The molecule has 0 radical (unpaired) electrons. The fourth-order valence-electron chi connectivity index (χ4n) is 2.50. The lowest BCUT2D eigenvalue weighted by Gasteiger charge is -2.13. The van der Waals surface area contributed by atoms with Crippen molar-refractivity contribution < 1.29 is 45.1 Å². The van der Waals surface area contributed by atoms with Crippen LogP contribution < -0.4 is 15.4 Å². The Kier molecular flexibility index (Phi) is 6.96. The molecule has 0 unspecified atom stereocenters. The van der Waals surface area contributed by atoms with Crippen LogP contribution in [0.5, 0.6) is 11.6 Å². The summed E-state index contributed by atoms with van der Waals surface area (Å²) in [5.74, 6) is -8.91. The Bertz CT molecular complexity index is 1260. The molecular formula is C20H9ClF7N3O3. The monoisotopic (exact) mass is 507 g/mol. The lowest BCUT2D eigenvalue weighted by Crippen LogP contribution is -2.35. The van der Waals surface area contributed by atoms with E-state index in [4.69, 9.17) is 16.3 Å². The van der Waals surface area contributed by atoms with Crippen molar-refractivity contribution in [3.05, 3.63) is 82.0 Å². The number of ether oxygens (including phenoxy) is 1. The van der Waals surface area contributed by atoms with Crippen molar-refractivity contribution >= 4 is 29.2 Å². The maximum atomic E-state index is 14.3. The van der Waals surface area contributed by atoms with Crippen LogP contribution in [0.1, 0.15) is 15.9 Å². The van der Waals surface area contributed by atoms with Crippen LogP contribution in [-0.2, 0) is 6.18 Å². The Balaban J connectivity index is 1.74. The minimum Gasteiger partial charge on any atom is -0.434 e. The third kappa shape index (κ3) is 5.36. The molecule has 0 spiro atoms. The number of urea groups is 1. The molecule has 0 aliphatic carbocycles. The lowest BCUT2D eigenvalue weighted by molar-refractivity contribution is -0.137. The fraction of sp³-hybridized carbons (Fsp3) is 0.0500. The minimum atomic E-state index is -4.75. The summed E-state index contributed by atoms with van der Waals surface area (Å²) in [5, 5.41) is 2.66. The number of halogens is 8. The van der Waals surface area contributed by atoms with Gasteiger partial charge in [0.05, 0.1) is 11.3 Å². The zero-order valence-electron chi connectivity index (χ0n) is 16.2. The van der Waals surface area contributed by atoms with Crippen molar-refractivity contribution in [2.45, 2.75) is 6.18 Å². The fourth-order valence-corrected chi connectivity index (χ4v) is 2.71. The van der Waals surface area contributed by atoms with E-state index < -0.39 is 74.8 Å². The molecule has 0 atom stereocenters. The van der Waals surface area contributed by atoms with Crippen molar-refractivity contribution in [3.8, 4) is 11.6 Å². The third-order valence-electron chi connectivity index (χ3n) is 4.05. The number of nitrogens with one attached hydrogen (secondary N) is 2. The first kappa shape index (κ1) is 24.8. The molecule has 178 valence electrons. The van der Waals surface area contributed by atoms with Crippen LogP contribution in [0.15, 0.2) is 42.6 Å². The van der Waals surface area contributed by atoms with Gasteiger partial charge >= 0.3 is 12.2 Å². The quantitative estimate of drug-likeness (QED) is 0.420. The molecule has 1 aromatic heterocycles. The van der Waals surface area contributed by atoms with E-state index in [1.807, 2.05) is 0 Å². The number of benzene rings is 2. The van der Waals surface area contributed by atoms with Crippen LogP contribution in [0.25, 0.3) is 0 Å². The van der Waals surface area contributed by atoms with E-state index in [2.05, 4.69) is 4.98 Å². The minimum absolute atomic E-state index is 0.366. The Hall–Kier alpha value is -3.87. The molecule has 0 aliphatic rings. The predicted molar refractivity (Wildman–Crippen MR) is 104 cm³/mol. The lowest BCUT2D eigenvalue weighted by atomic mass is 10.2. The average Bonchev–Trinajstić information content (AvgIpc) is 2.73. The number of anilines is 1. The zero-order valence-corrected chi connectivity index (χ0v) is 17.0. The molecular weight excluding hydrogens is 499 g/mol. The summed E-state index contributed by atoms with van der Waals surface area (Å²) in [6.07, 6.45) is -4.38. The summed E-state index contributed by atoms with van der Waals surface area (Å²) in [7, 11) is 0. The van der Waals surface area contributed by atoms with E-state index in [1.54, 1.807) is 10.6 Å². The number of rotatable bonds is 4. The summed E-state index contributed by atoms with van der Waals surface area (Å²) in [5.41, 5.74) is -3.09. The van der Waals surface area contributed by atoms with Crippen molar-refractivity contribution in [1.82, 2.24) is 10.3 Å². The van der Waals surface area contributed by atoms with Gasteiger partial charge in [-0.3, -0.25) is 10.1 Å². The van der Waals surface area contributed by atoms with Crippen LogP contribution in [0.2, 0.25) is 5.02 Å². The number of amides is 3. The SMILES string of the molecule is O=C(NC(=O)c1c(F)cccc1F)Nc1ccc(Oc2ncc(C(F)(F)F)cc2Cl)c(F)c1F. The zero-order chi connectivity index (χ0) is 25.2. The summed E-state index contributed by atoms with van der Waals surface area (Å²) >= 11 is 5.64. The maximum Gasteiger partial charge on any atom is 0.417 e. The number of aromatic nitrogens is 1. The highest BCUT2D eigenvalue weighted by molar-refractivity contribution is 6.31. The van der Waals surface area contributed by atoms with Crippen LogP contribution in [0.4, 0.5) is 41.2 Å². The smallest absolute Gasteiger partial charge is 0.417 e. The van der Waals surface area contributed by atoms with Crippen LogP contribution in [0, 0.1) is 23.3 Å². The molecule has 3 aromatic rings. The molecule has 2 aromatic carbocycles. The number of carbonyl (C=O) groups excluding carboxylic acids is 2. The Morgan fingerprint density at radius 2 is 1.62 bits per heavy atom. The first-order valence-electron chi connectivity index (χ1n) is 8.83. The van der Waals surface area contributed by atoms with Gasteiger partial charge in [-0.05, 0) is 30.3 Å². The van der Waals surface area contributed by atoms with Gasteiger partial charge in [0.25, 0.3) is 5.91 Å². The number of nitrogens with zero attached hydrogens (tertiary/aromatic N) is 1. The van der Waals surface area contributed by atoms with E-state index in [-0.39, 0.29) is 0 Å². The van der Waals surface area contributed by atoms with E-state index in [9.17, 15) is 40.3 Å². The van der Waals surface area contributed by atoms with Gasteiger partial charge in [0.2, 0.25) is 11.7 Å². The van der Waals surface area contributed by atoms with Gasteiger partial charge in [-0.25, -0.2) is 22.9 Å². The van der Waals surface area contributed by atoms with Crippen LogP contribution >= 0.6 is 11.6 Å². The maximum absolute atomic E-state index is 14.3. The molecule has 14 heteroatoms. The van der Waals surface area contributed by atoms with Gasteiger partial charge in [0.15, 0.2) is 11.6 Å². The molecule has 0 fully saturated rings. The molecule has 6 nitrogen and oxygen atoms in total. The van der Waals surface area contributed by atoms with E-state index in [0.717, 1.165) is 30.3 Å². The number of imide groups is 1. The van der Waals surface area contributed by atoms with Crippen LogP contribution in [0.3, 0.4) is 0 Å². The third-order valence-corrected chi connectivity index (χ3v) is 4.32. The second-order valence-electron chi connectivity index (χ2n) is 6.35. The van der Waals surface area contributed by atoms with E-state index in [1.165, 1.54) is 0 Å². The number of hydrogen-bond donors (Lipinski definition) is 2. The Morgan fingerprint density at radius 1 is 0.971 bits per heavy atom. The Labute approximate surface area is 190 Å². The Morgan fingerprint density at radius 3 is 2.21 bits per heavy atom. The van der Waals surface area contributed by atoms with Gasteiger partial charge in [-0.1, -0.05) is 17.7 Å². The average molecular weight is 508 g/mol. The largest absolute Gasteiger partial charge is 0.434 e. The molecule has 3 rings (SSSR count). The highest BCUT2D eigenvalue weighted by Crippen LogP contribution is 2.36. The first-order valence-corrected chi connectivity index (χ1v) is 9.21. The van der Waals surface area contributed by atoms with Gasteiger partial charge in [-0.15, -0.1) is 0 Å². The van der Waals surface area contributed by atoms with Crippen LogP contribution in [-0.4, -0.2) is 16.9 Å². The number of hydrogen-bond acceptors (Lipinski definition) is 4. The number of pyridine rings is 1. The number of carbonyl (C=O) groups is 2. The number of alkyl halides is 3. The summed E-state index contributed by atoms with van der Waals surface area (Å²) in [6.45, 7) is 0. The standard InChI is InChI=1S/C20H9ClF7N3O3/c21-9-6-8(20(26,27)28)7-29-18(9)34-13-5-4-12(15(24)16(13)25)30-19(33)31-17(32)14-10(22)2-1-3-11(14)23/h1-7H,(H2,30,31,32,33). The topological polar surface area (TPSA) is 80.3 Å². The van der Waals surface area contributed by atoms with Crippen molar-refractivity contribution in [2.75, 3.05) is 5.32 Å². The second-order valence-corrected chi connectivity index (χ2v) is 6.76. The summed E-state index contributed by atoms with van der Waals surface area (Å²) in [4.78, 5) is 27.1. The van der Waals surface area contributed by atoms with Gasteiger partial charge in [0, 0.05) is 6.20 Å². The molecule has 0 saturated carbocycles. The van der Waals surface area contributed by atoms with Gasteiger partial charge in [0.1, 0.15) is 22.2 Å².